The van der Waals surface area contributed by atoms with E-state index in [4.69, 9.17) is 4.74 Å². The average molecular weight is 223 g/mol. The molecule has 0 saturated carbocycles. The van der Waals surface area contributed by atoms with E-state index < -0.39 is 0 Å². The summed E-state index contributed by atoms with van der Waals surface area (Å²) in [6, 6.07) is 5.02. The molecule has 0 aliphatic carbocycles. The van der Waals surface area contributed by atoms with Crippen molar-refractivity contribution in [1.82, 2.24) is 5.32 Å². The second-order valence-corrected chi connectivity index (χ2v) is 4.63. The lowest BCUT2D eigenvalue weighted by molar-refractivity contribution is 0.0451. The summed E-state index contributed by atoms with van der Waals surface area (Å²) in [4.78, 5) is 0. The molecule has 2 unspecified atom stereocenters. The highest BCUT2D eigenvalue weighted by atomic mass is 19.1. The summed E-state index contributed by atoms with van der Waals surface area (Å²) in [5, 5.41) is 3.27. The molecule has 1 aromatic carbocycles. The van der Waals surface area contributed by atoms with Crippen LogP contribution in [0.2, 0.25) is 0 Å². The fourth-order valence-corrected chi connectivity index (χ4v) is 2.21. The minimum absolute atomic E-state index is 0.200. The van der Waals surface area contributed by atoms with E-state index in [1.165, 1.54) is 12.1 Å². The maximum atomic E-state index is 13.2. The van der Waals surface area contributed by atoms with E-state index in [1.807, 2.05) is 7.05 Å². The van der Waals surface area contributed by atoms with Crippen LogP contribution in [0, 0.1) is 5.82 Å². The Balaban J connectivity index is 2.42. The fourth-order valence-electron chi connectivity index (χ4n) is 2.21. The van der Waals surface area contributed by atoms with E-state index in [-0.39, 0.29) is 17.5 Å². The molecule has 0 bridgehead atoms. The Morgan fingerprint density at radius 3 is 2.94 bits per heavy atom. The molecular formula is C13H18FNO. The van der Waals surface area contributed by atoms with Crippen LogP contribution in [-0.2, 0) is 0 Å². The average Bonchev–Trinajstić information content (AvgIpc) is 2.27. The Labute approximate surface area is 95.8 Å². The summed E-state index contributed by atoms with van der Waals surface area (Å²) < 4.78 is 19.1. The molecule has 3 heteroatoms. The minimum Gasteiger partial charge on any atom is -0.487 e. The molecule has 1 heterocycles. The molecular weight excluding hydrogens is 205 g/mol. The summed E-state index contributed by atoms with van der Waals surface area (Å²) in [5.41, 5.74) is 0.851. The standard InChI is InChI=1S/C13H18FNO/c1-4-13(2)8-11(15-3)10-6-5-9(14)7-12(10)16-13/h5-7,11,15H,4,8H2,1-3H3. The van der Waals surface area contributed by atoms with Gasteiger partial charge in [0.1, 0.15) is 17.2 Å². The molecule has 2 nitrogen and oxygen atoms in total. The van der Waals surface area contributed by atoms with Crippen LogP contribution in [0.25, 0.3) is 0 Å². The van der Waals surface area contributed by atoms with Crippen LogP contribution in [-0.4, -0.2) is 12.6 Å². The van der Waals surface area contributed by atoms with Crippen molar-refractivity contribution in [2.45, 2.75) is 38.3 Å². The Kier molecular flexibility index (Phi) is 2.89. The molecule has 1 aliphatic heterocycles. The van der Waals surface area contributed by atoms with E-state index in [2.05, 4.69) is 19.2 Å². The first-order chi connectivity index (χ1) is 7.58. The zero-order valence-electron chi connectivity index (χ0n) is 10.0. The maximum Gasteiger partial charge on any atom is 0.127 e. The maximum absolute atomic E-state index is 13.2. The molecule has 16 heavy (non-hydrogen) atoms. The van der Waals surface area contributed by atoms with Gasteiger partial charge in [0.05, 0.1) is 0 Å². The van der Waals surface area contributed by atoms with E-state index in [9.17, 15) is 4.39 Å². The van der Waals surface area contributed by atoms with Gasteiger partial charge in [0.2, 0.25) is 0 Å². The molecule has 0 aromatic heterocycles. The third-order valence-corrected chi connectivity index (χ3v) is 3.44. The molecule has 1 aliphatic rings. The van der Waals surface area contributed by atoms with E-state index >= 15 is 0 Å². The first-order valence-corrected chi connectivity index (χ1v) is 5.74. The highest BCUT2D eigenvalue weighted by Crippen LogP contribution is 2.40. The first-order valence-electron chi connectivity index (χ1n) is 5.74. The van der Waals surface area contributed by atoms with Crippen LogP contribution in [0.15, 0.2) is 18.2 Å². The van der Waals surface area contributed by atoms with E-state index in [1.54, 1.807) is 6.07 Å². The topological polar surface area (TPSA) is 21.3 Å². The van der Waals surface area contributed by atoms with Crippen LogP contribution in [0.1, 0.15) is 38.3 Å². The van der Waals surface area contributed by atoms with Gasteiger partial charge < -0.3 is 10.1 Å². The van der Waals surface area contributed by atoms with Gasteiger partial charge in [-0.15, -0.1) is 0 Å². The molecule has 0 radical (unpaired) electrons. The smallest absolute Gasteiger partial charge is 0.127 e. The lowest BCUT2D eigenvalue weighted by Crippen LogP contribution is -2.40. The number of rotatable bonds is 2. The summed E-state index contributed by atoms with van der Waals surface area (Å²) in [6.45, 7) is 4.17. The highest BCUT2D eigenvalue weighted by molar-refractivity contribution is 5.39. The van der Waals surface area contributed by atoms with Gasteiger partial charge in [-0.05, 0) is 26.5 Å². The lowest BCUT2D eigenvalue weighted by atomic mass is 9.87. The molecule has 0 saturated heterocycles. The summed E-state index contributed by atoms with van der Waals surface area (Å²) in [5.74, 6) is 0.434. The molecule has 0 amide bonds. The van der Waals surface area contributed by atoms with E-state index in [0.29, 0.717) is 5.75 Å². The highest BCUT2D eigenvalue weighted by Gasteiger charge is 2.35. The number of benzene rings is 1. The minimum atomic E-state index is -0.242. The predicted octanol–water partition coefficient (Wildman–Crippen LogP) is 3.04. The second kappa shape index (κ2) is 4.06. The first kappa shape index (κ1) is 11.4. The number of ether oxygens (including phenoxy) is 1. The van der Waals surface area contributed by atoms with Gasteiger partial charge >= 0.3 is 0 Å². The quantitative estimate of drug-likeness (QED) is 0.832. The van der Waals surface area contributed by atoms with Crippen molar-refractivity contribution >= 4 is 0 Å². The van der Waals surface area contributed by atoms with Gasteiger partial charge in [0.25, 0.3) is 0 Å². The van der Waals surface area contributed by atoms with Crippen LogP contribution in [0.3, 0.4) is 0 Å². The fraction of sp³-hybridized carbons (Fsp3) is 0.538. The van der Waals surface area contributed by atoms with Crippen molar-refractivity contribution in [2.75, 3.05) is 7.05 Å². The largest absolute Gasteiger partial charge is 0.487 e. The third kappa shape index (κ3) is 1.92. The van der Waals surface area contributed by atoms with Gasteiger partial charge in [0.15, 0.2) is 0 Å². The Morgan fingerprint density at radius 1 is 1.56 bits per heavy atom. The number of halogens is 1. The van der Waals surface area contributed by atoms with Crippen molar-refractivity contribution in [3.63, 3.8) is 0 Å². The van der Waals surface area contributed by atoms with Crippen molar-refractivity contribution < 1.29 is 9.13 Å². The van der Waals surface area contributed by atoms with Crippen LogP contribution in [0.5, 0.6) is 5.75 Å². The normalized spacial score (nSPS) is 28.4. The third-order valence-electron chi connectivity index (χ3n) is 3.44. The van der Waals surface area contributed by atoms with Gasteiger partial charge in [-0.2, -0.15) is 0 Å². The zero-order chi connectivity index (χ0) is 11.8. The predicted molar refractivity (Wildman–Crippen MR) is 62.1 cm³/mol. The summed E-state index contributed by atoms with van der Waals surface area (Å²) in [7, 11) is 1.93. The van der Waals surface area contributed by atoms with Crippen LogP contribution >= 0.6 is 0 Å². The van der Waals surface area contributed by atoms with Gasteiger partial charge in [-0.25, -0.2) is 4.39 Å². The van der Waals surface area contributed by atoms with Crippen molar-refractivity contribution in [2.24, 2.45) is 0 Å². The molecule has 88 valence electrons. The molecule has 2 rings (SSSR count). The second-order valence-electron chi connectivity index (χ2n) is 4.63. The molecule has 1 aromatic rings. The number of nitrogens with one attached hydrogen (secondary N) is 1. The van der Waals surface area contributed by atoms with Gasteiger partial charge in [0, 0.05) is 24.1 Å². The van der Waals surface area contributed by atoms with Crippen molar-refractivity contribution in [1.29, 1.82) is 0 Å². The Hall–Kier alpha value is -1.09. The number of fused-ring (bicyclic) bond motifs is 1. The Morgan fingerprint density at radius 2 is 2.31 bits per heavy atom. The molecule has 0 fully saturated rings. The van der Waals surface area contributed by atoms with Crippen LogP contribution in [0.4, 0.5) is 4.39 Å². The van der Waals surface area contributed by atoms with Gasteiger partial charge in [-0.3, -0.25) is 0 Å². The Bertz CT molecular complexity index is 394. The monoisotopic (exact) mass is 223 g/mol. The van der Waals surface area contributed by atoms with E-state index in [0.717, 1.165) is 18.4 Å². The zero-order valence-corrected chi connectivity index (χ0v) is 10.0. The summed E-state index contributed by atoms with van der Waals surface area (Å²) in [6.07, 6.45) is 1.83. The SMILES string of the molecule is CCC1(C)CC(NC)c2ccc(F)cc2O1. The van der Waals surface area contributed by atoms with Crippen molar-refractivity contribution in [3.8, 4) is 5.75 Å². The lowest BCUT2D eigenvalue weighted by Gasteiger charge is -2.39. The molecule has 1 N–H and O–H groups in total. The summed E-state index contributed by atoms with van der Waals surface area (Å²) >= 11 is 0. The van der Waals surface area contributed by atoms with Crippen molar-refractivity contribution in [3.05, 3.63) is 29.6 Å². The number of hydrogen-bond acceptors (Lipinski definition) is 2. The van der Waals surface area contributed by atoms with Crippen LogP contribution < -0.4 is 10.1 Å². The molecule has 2 atom stereocenters. The van der Waals surface area contributed by atoms with Gasteiger partial charge in [-0.1, -0.05) is 13.0 Å². The number of hydrogen-bond donors (Lipinski definition) is 1. The molecule has 0 spiro atoms.